The summed E-state index contributed by atoms with van der Waals surface area (Å²) in [5.74, 6) is 5.94. The summed E-state index contributed by atoms with van der Waals surface area (Å²) in [4.78, 5) is 0. The molecule has 8 heavy (non-hydrogen) atoms. The van der Waals surface area contributed by atoms with Crippen molar-refractivity contribution in [2.45, 2.75) is 13.8 Å². The summed E-state index contributed by atoms with van der Waals surface area (Å²) >= 11 is 0. The van der Waals surface area contributed by atoms with Gasteiger partial charge in [-0.1, -0.05) is 13.8 Å². The molecule has 3 heteroatoms. The van der Waals surface area contributed by atoms with E-state index in [1.807, 2.05) is 13.8 Å². The molecule has 0 saturated heterocycles. The van der Waals surface area contributed by atoms with Crippen LogP contribution < -0.4 is 5.84 Å². The molecule has 0 unspecified atom stereocenters. The molecule has 0 spiro atoms. The lowest BCUT2D eigenvalue weighted by molar-refractivity contribution is 0.500. The van der Waals surface area contributed by atoms with E-state index in [4.69, 9.17) is 11.3 Å². The second kappa shape index (κ2) is 2.67. The van der Waals surface area contributed by atoms with Gasteiger partial charge in [0, 0.05) is 13.0 Å². The average molecular weight is 115 g/mol. The van der Waals surface area contributed by atoms with Gasteiger partial charge in [0.2, 0.25) is 0 Å². The number of nitrogens with two attached hydrogens (primary N) is 1. The number of nitrogens with zero attached hydrogens (tertiary/aromatic N) is 1. The highest BCUT2D eigenvalue weighted by atomic mass is 15.4. The molecule has 0 aromatic rings. The number of hydrogen-bond acceptors (Lipinski definition) is 2. The third-order valence-corrected chi connectivity index (χ3v) is 0.927. The van der Waals surface area contributed by atoms with Crippen molar-refractivity contribution in [3.63, 3.8) is 0 Å². The third-order valence-electron chi connectivity index (χ3n) is 0.927. The van der Waals surface area contributed by atoms with Crippen LogP contribution in [-0.2, 0) is 0 Å². The van der Waals surface area contributed by atoms with Crippen molar-refractivity contribution >= 4 is 5.84 Å². The second-order valence-corrected chi connectivity index (χ2v) is 2.15. The largest absolute Gasteiger partial charge is 0.302 e. The molecule has 0 fully saturated rings. The molecule has 0 aliphatic heterocycles. The van der Waals surface area contributed by atoms with E-state index in [1.165, 1.54) is 5.01 Å². The molecule has 0 aliphatic rings. The minimum atomic E-state index is 0.227. The number of hydrazine groups is 1. The van der Waals surface area contributed by atoms with E-state index >= 15 is 0 Å². The van der Waals surface area contributed by atoms with Crippen LogP contribution in [0.5, 0.6) is 0 Å². The lowest BCUT2D eigenvalue weighted by atomic mass is 10.2. The zero-order valence-electron chi connectivity index (χ0n) is 5.60. The molecule has 0 heterocycles. The van der Waals surface area contributed by atoms with Crippen molar-refractivity contribution in [1.29, 1.82) is 5.41 Å². The maximum atomic E-state index is 7.20. The zero-order chi connectivity index (χ0) is 6.73. The van der Waals surface area contributed by atoms with Gasteiger partial charge < -0.3 is 5.01 Å². The van der Waals surface area contributed by atoms with E-state index in [9.17, 15) is 0 Å². The Balaban J connectivity index is 3.65. The van der Waals surface area contributed by atoms with E-state index in [-0.39, 0.29) is 5.92 Å². The van der Waals surface area contributed by atoms with Crippen LogP contribution in [0.2, 0.25) is 0 Å². The maximum absolute atomic E-state index is 7.20. The van der Waals surface area contributed by atoms with Crippen LogP contribution in [0.15, 0.2) is 0 Å². The van der Waals surface area contributed by atoms with Gasteiger partial charge in [-0.05, 0) is 0 Å². The molecule has 0 bridgehead atoms. The summed E-state index contributed by atoms with van der Waals surface area (Å²) in [5, 5.41) is 8.52. The van der Waals surface area contributed by atoms with Gasteiger partial charge in [0.25, 0.3) is 0 Å². The molecule has 3 N–H and O–H groups in total. The average Bonchev–Trinajstić information content (AvgIpc) is 1.64. The van der Waals surface area contributed by atoms with Gasteiger partial charge in [0.05, 0.1) is 0 Å². The molecular formula is C5H13N3. The monoisotopic (exact) mass is 115 g/mol. The van der Waals surface area contributed by atoms with Gasteiger partial charge in [0.1, 0.15) is 5.84 Å². The van der Waals surface area contributed by atoms with Gasteiger partial charge >= 0.3 is 0 Å². The van der Waals surface area contributed by atoms with Crippen LogP contribution in [0.4, 0.5) is 0 Å². The molecule has 0 rings (SSSR count). The van der Waals surface area contributed by atoms with Crippen LogP contribution in [-0.4, -0.2) is 17.9 Å². The standard InChI is InChI=1S/C5H13N3/c1-4(2)5(6)8(3)7/h4,6H,7H2,1-3H3. The molecule has 0 aromatic carbocycles. The molecule has 0 amide bonds. The SMILES string of the molecule is CC(C)C(=N)N(C)N. The first kappa shape index (κ1) is 7.43. The fourth-order valence-corrected chi connectivity index (χ4v) is 0.407. The topological polar surface area (TPSA) is 53.1 Å². The first-order valence-corrected chi connectivity index (χ1v) is 2.62. The Kier molecular flexibility index (Phi) is 2.48. The lowest BCUT2D eigenvalue weighted by Crippen LogP contribution is -2.35. The Morgan fingerprint density at radius 2 is 2.00 bits per heavy atom. The van der Waals surface area contributed by atoms with E-state index in [2.05, 4.69) is 0 Å². The molecule has 0 atom stereocenters. The number of rotatable bonds is 1. The minimum Gasteiger partial charge on any atom is -0.302 e. The maximum Gasteiger partial charge on any atom is 0.112 e. The predicted octanol–water partition coefficient (Wildman–Crippen LogP) is 0.425. The van der Waals surface area contributed by atoms with Crippen LogP contribution >= 0.6 is 0 Å². The fourth-order valence-electron chi connectivity index (χ4n) is 0.407. The van der Waals surface area contributed by atoms with E-state index < -0.39 is 0 Å². The highest BCUT2D eigenvalue weighted by Gasteiger charge is 2.02. The number of amidine groups is 1. The van der Waals surface area contributed by atoms with Gasteiger partial charge in [-0.15, -0.1) is 0 Å². The van der Waals surface area contributed by atoms with Crippen molar-refractivity contribution in [1.82, 2.24) is 5.01 Å². The molecule has 48 valence electrons. The molecule has 3 nitrogen and oxygen atoms in total. The van der Waals surface area contributed by atoms with Crippen molar-refractivity contribution in [3.8, 4) is 0 Å². The van der Waals surface area contributed by atoms with Crippen molar-refractivity contribution in [2.75, 3.05) is 7.05 Å². The molecule has 0 saturated carbocycles. The van der Waals surface area contributed by atoms with Gasteiger partial charge in [-0.3, -0.25) is 5.41 Å². The Hall–Kier alpha value is -0.570. The van der Waals surface area contributed by atoms with Crippen LogP contribution in [0.3, 0.4) is 0 Å². The Bertz CT molecular complexity index is 75.7. The second-order valence-electron chi connectivity index (χ2n) is 2.15. The Morgan fingerprint density at radius 1 is 1.62 bits per heavy atom. The first-order valence-electron chi connectivity index (χ1n) is 2.62. The smallest absolute Gasteiger partial charge is 0.112 e. The third kappa shape index (κ3) is 1.93. The van der Waals surface area contributed by atoms with E-state index in [0.29, 0.717) is 5.84 Å². The quantitative estimate of drug-likeness (QED) is 0.225. The van der Waals surface area contributed by atoms with Crippen molar-refractivity contribution in [3.05, 3.63) is 0 Å². The fraction of sp³-hybridized carbons (Fsp3) is 0.800. The minimum absolute atomic E-state index is 0.227. The van der Waals surface area contributed by atoms with Gasteiger partial charge in [0.15, 0.2) is 0 Å². The van der Waals surface area contributed by atoms with E-state index in [0.717, 1.165) is 0 Å². The van der Waals surface area contributed by atoms with E-state index in [1.54, 1.807) is 7.05 Å². The summed E-state index contributed by atoms with van der Waals surface area (Å²) in [6, 6.07) is 0. The predicted molar refractivity (Wildman–Crippen MR) is 34.5 cm³/mol. The summed E-state index contributed by atoms with van der Waals surface area (Å²) in [6.45, 7) is 3.87. The highest BCUT2D eigenvalue weighted by Crippen LogP contribution is 1.93. The van der Waals surface area contributed by atoms with Crippen LogP contribution in [0.1, 0.15) is 13.8 Å². The zero-order valence-corrected chi connectivity index (χ0v) is 5.60. The summed E-state index contributed by atoms with van der Waals surface area (Å²) < 4.78 is 0. The number of hydrogen-bond donors (Lipinski definition) is 2. The number of nitrogens with one attached hydrogen (secondary N) is 1. The van der Waals surface area contributed by atoms with Crippen LogP contribution in [0.25, 0.3) is 0 Å². The van der Waals surface area contributed by atoms with Crippen LogP contribution in [0, 0.1) is 11.3 Å². The first-order chi connectivity index (χ1) is 3.55. The molecular weight excluding hydrogens is 102 g/mol. The Labute approximate surface area is 50.0 Å². The summed E-state index contributed by atoms with van der Waals surface area (Å²) in [6.07, 6.45) is 0. The van der Waals surface area contributed by atoms with Crippen molar-refractivity contribution in [2.24, 2.45) is 11.8 Å². The Morgan fingerprint density at radius 3 is 2.00 bits per heavy atom. The summed E-state index contributed by atoms with van der Waals surface area (Å²) in [7, 11) is 1.67. The molecule has 0 aliphatic carbocycles. The van der Waals surface area contributed by atoms with Gasteiger partial charge in [-0.25, -0.2) is 5.84 Å². The highest BCUT2D eigenvalue weighted by molar-refractivity contribution is 5.79. The van der Waals surface area contributed by atoms with Crippen molar-refractivity contribution < 1.29 is 0 Å². The molecule has 0 radical (unpaired) electrons. The lowest BCUT2D eigenvalue weighted by Gasteiger charge is -2.15. The summed E-state index contributed by atoms with van der Waals surface area (Å²) in [5.41, 5.74) is 0. The van der Waals surface area contributed by atoms with Gasteiger partial charge in [-0.2, -0.15) is 0 Å². The molecule has 0 aromatic heterocycles. The normalized spacial score (nSPS) is 9.62.